The molecule has 2 unspecified atom stereocenters. The minimum Gasteiger partial charge on any atom is -0.375 e. The van der Waals surface area contributed by atoms with E-state index in [0.29, 0.717) is 12.1 Å². The smallest absolute Gasteiger partial charge is 0.0723 e. The van der Waals surface area contributed by atoms with Crippen LogP contribution in [0.5, 0.6) is 0 Å². The minimum atomic E-state index is 0.134. The summed E-state index contributed by atoms with van der Waals surface area (Å²) in [6, 6.07) is 9.25. The summed E-state index contributed by atoms with van der Waals surface area (Å²) in [6.07, 6.45) is 1.42. The number of morpholine rings is 1. The Morgan fingerprint density at radius 2 is 2.00 bits per heavy atom. The van der Waals surface area contributed by atoms with Crippen molar-refractivity contribution in [2.75, 3.05) is 18.1 Å². The number of ether oxygens (including phenoxy) is 1. The number of nitrogens with one attached hydrogen (secondary N) is 1. The summed E-state index contributed by atoms with van der Waals surface area (Å²) in [7, 11) is 0. The van der Waals surface area contributed by atoms with E-state index in [4.69, 9.17) is 4.74 Å². The van der Waals surface area contributed by atoms with E-state index in [1.807, 2.05) is 0 Å². The van der Waals surface area contributed by atoms with Crippen LogP contribution in [0.2, 0.25) is 0 Å². The van der Waals surface area contributed by atoms with Gasteiger partial charge >= 0.3 is 0 Å². The van der Waals surface area contributed by atoms with Gasteiger partial charge in [-0.3, -0.25) is 0 Å². The van der Waals surface area contributed by atoms with Gasteiger partial charge in [-0.2, -0.15) is 0 Å². The van der Waals surface area contributed by atoms with Gasteiger partial charge in [-0.25, -0.2) is 0 Å². The molecule has 0 bridgehead atoms. The van der Waals surface area contributed by atoms with E-state index in [-0.39, 0.29) is 5.54 Å². The zero-order chi connectivity index (χ0) is 15.5. The Balaban J connectivity index is 2.21. The van der Waals surface area contributed by atoms with Crippen LogP contribution in [0.1, 0.15) is 46.6 Å². The normalized spacial score (nSPS) is 23.4. The number of rotatable bonds is 4. The quantitative estimate of drug-likeness (QED) is 0.917. The van der Waals surface area contributed by atoms with Crippen LogP contribution >= 0.6 is 0 Å². The molecule has 3 nitrogen and oxygen atoms in total. The number of anilines is 1. The van der Waals surface area contributed by atoms with E-state index in [2.05, 4.69) is 69.1 Å². The Morgan fingerprint density at radius 3 is 2.67 bits per heavy atom. The summed E-state index contributed by atoms with van der Waals surface area (Å²) in [5, 5.41) is 3.60. The molecule has 1 aromatic carbocycles. The highest BCUT2D eigenvalue weighted by Crippen LogP contribution is 2.27. The molecule has 0 radical (unpaired) electrons. The van der Waals surface area contributed by atoms with E-state index in [9.17, 15) is 0 Å². The minimum absolute atomic E-state index is 0.134. The fourth-order valence-corrected chi connectivity index (χ4v) is 2.78. The van der Waals surface area contributed by atoms with Gasteiger partial charge in [0.05, 0.1) is 18.8 Å². The third-order valence-corrected chi connectivity index (χ3v) is 4.05. The van der Waals surface area contributed by atoms with Gasteiger partial charge in [-0.1, -0.05) is 25.1 Å². The second kappa shape index (κ2) is 6.80. The monoisotopic (exact) mass is 290 g/mol. The van der Waals surface area contributed by atoms with Gasteiger partial charge in [-0.15, -0.1) is 0 Å². The third-order valence-electron chi connectivity index (χ3n) is 4.05. The number of nitrogens with zero attached hydrogens (tertiary/aromatic N) is 1. The molecule has 1 fully saturated rings. The fourth-order valence-electron chi connectivity index (χ4n) is 2.78. The highest BCUT2D eigenvalue weighted by Gasteiger charge is 2.27. The van der Waals surface area contributed by atoms with Crippen molar-refractivity contribution in [3.63, 3.8) is 0 Å². The van der Waals surface area contributed by atoms with Gasteiger partial charge in [0.2, 0.25) is 0 Å². The van der Waals surface area contributed by atoms with Gasteiger partial charge in [0, 0.05) is 24.3 Å². The van der Waals surface area contributed by atoms with Crippen LogP contribution in [-0.2, 0) is 11.3 Å². The SMILES string of the molecule is CCC1COC(C)CN1c1ccccc1CNC(C)(C)C. The highest BCUT2D eigenvalue weighted by atomic mass is 16.5. The van der Waals surface area contributed by atoms with E-state index in [1.54, 1.807) is 0 Å². The zero-order valence-electron chi connectivity index (χ0n) is 14.1. The lowest BCUT2D eigenvalue weighted by molar-refractivity contribution is 0.0299. The van der Waals surface area contributed by atoms with Crippen molar-refractivity contribution in [2.45, 2.75) is 65.3 Å². The van der Waals surface area contributed by atoms with Crippen molar-refractivity contribution in [3.8, 4) is 0 Å². The standard InChI is InChI=1S/C18H30N2O/c1-6-16-13-21-14(2)12-20(16)17-10-8-7-9-15(17)11-19-18(3,4)5/h7-10,14,16,19H,6,11-13H2,1-5H3. The molecule has 1 saturated heterocycles. The molecule has 0 aromatic heterocycles. The van der Waals surface area contributed by atoms with Crippen LogP contribution in [0.15, 0.2) is 24.3 Å². The molecule has 1 aromatic rings. The molecule has 1 N–H and O–H groups in total. The lowest BCUT2D eigenvalue weighted by Gasteiger charge is -2.41. The predicted molar refractivity (Wildman–Crippen MR) is 89.9 cm³/mol. The first-order valence-corrected chi connectivity index (χ1v) is 8.12. The Kier molecular flexibility index (Phi) is 5.28. The van der Waals surface area contributed by atoms with Crippen molar-refractivity contribution in [1.82, 2.24) is 5.32 Å². The molecule has 21 heavy (non-hydrogen) atoms. The Morgan fingerprint density at radius 1 is 1.29 bits per heavy atom. The maximum Gasteiger partial charge on any atom is 0.0723 e. The number of hydrogen-bond donors (Lipinski definition) is 1. The topological polar surface area (TPSA) is 24.5 Å². The zero-order valence-corrected chi connectivity index (χ0v) is 14.1. The molecule has 2 rings (SSSR count). The summed E-state index contributed by atoms with van der Waals surface area (Å²) in [5.74, 6) is 0. The van der Waals surface area contributed by atoms with Crippen molar-refractivity contribution in [3.05, 3.63) is 29.8 Å². The first-order valence-electron chi connectivity index (χ1n) is 8.12. The van der Waals surface area contributed by atoms with Gasteiger partial charge in [0.1, 0.15) is 0 Å². The largest absolute Gasteiger partial charge is 0.375 e. The van der Waals surface area contributed by atoms with Gasteiger partial charge in [-0.05, 0) is 45.7 Å². The first-order chi connectivity index (χ1) is 9.90. The van der Waals surface area contributed by atoms with Gasteiger partial charge < -0.3 is 15.0 Å². The second-order valence-electron chi connectivity index (χ2n) is 7.09. The van der Waals surface area contributed by atoms with Gasteiger partial charge in [0.25, 0.3) is 0 Å². The van der Waals surface area contributed by atoms with Crippen LogP contribution in [-0.4, -0.2) is 30.8 Å². The molecule has 118 valence electrons. The lowest BCUT2D eigenvalue weighted by Crippen LogP contribution is -2.49. The van der Waals surface area contributed by atoms with Crippen LogP contribution < -0.4 is 10.2 Å². The molecule has 1 aliphatic rings. The van der Waals surface area contributed by atoms with E-state index < -0.39 is 0 Å². The molecule has 0 spiro atoms. The maximum absolute atomic E-state index is 5.83. The Bertz CT molecular complexity index is 453. The molecule has 1 heterocycles. The maximum atomic E-state index is 5.83. The summed E-state index contributed by atoms with van der Waals surface area (Å²) >= 11 is 0. The predicted octanol–water partition coefficient (Wildman–Crippen LogP) is 3.58. The average Bonchev–Trinajstić information content (AvgIpc) is 2.44. The molecule has 2 atom stereocenters. The lowest BCUT2D eigenvalue weighted by atomic mass is 10.0. The Labute approximate surface area is 129 Å². The third kappa shape index (κ3) is 4.45. The van der Waals surface area contributed by atoms with Crippen LogP contribution in [0.4, 0.5) is 5.69 Å². The number of hydrogen-bond acceptors (Lipinski definition) is 3. The van der Waals surface area contributed by atoms with E-state index >= 15 is 0 Å². The molecule has 0 saturated carbocycles. The van der Waals surface area contributed by atoms with Crippen LogP contribution in [0.3, 0.4) is 0 Å². The number of para-hydroxylation sites is 1. The first kappa shape index (κ1) is 16.3. The molecule has 1 aliphatic heterocycles. The summed E-state index contributed by atoms with van der Waals surface area (Å²) in [5.41, 5.74) is 2.87. The molecular weight excluding hydrogens is 260 g/mol. The molecule has 0 aliphatic carbocycles. The van der Waals surface area contributed by atoms with Crippen molar-refractivity contribution >= 4 is 5.69 Å². The Hall–Kier alpha value is -1.06. The van der Waals surface area contributed by atoms with Crippen LogP contribution in [0.25, 0.3) is 0 Å². The van der Waals surface area contributed by atoms with Crippen molar-refractivity contribution in [1.29, 1.82) is 0 Å². The fraction of sp³-hybridized carbons (Fsp3) is 0.667. The highest BCUT2D eigenvalue weighted by molar-refractivity contribution is 5.55. The molecule has 0 amide bonds. The van der Waals surface area contributed by atoms with Crippen molar-refractivity contribution in [2.24, 2.45) is 0 Å². The summed E-state index contributed by atoms with van der Waals surface area (Å²) in [4.78, 5) is 2.54. The second-order valence-corrected chi connectivity index (χ2v) is 7.09. The molecule has 3 heteroatoms. The van der Waals surface area contributed by atoms with E-state index in [1.165, 1.54) is 11.3 Å². The molecular formula is C18H30N2O. The average molecular weight is 290 g/mol. The van der Waals surface area contributed by atoms with Crippen LogP contribution in [0, 0.1) is 0 Å². The number of benzene rings is 1. The van der Waals surface area contributed by atoms with Gasteiger partial charge in [0.15, 0.2) is 0 Å². The summed E-state index contributed by atoms with van der Waals surface area (Å²) < 4.78 is 5.83. The van der Waals surface area contributed by atoms with Crippen molar-refractivity contribution < 1.29 is 4.74 Å². The summed E-state index contributed by atoms with van der Waals surface area (Å²) in [6.45, 7) is 13.7. The van der Waals surface area contributed by atoms with E-state index in [0.717, 1.165) is 26.1 Å².